The maximum atomic E-state index is 5.98. The van der Waals surface area contributed by atoms with Crippen molar-refractivity contribution in [3.63, 3.8) is 0 Å². The fraction of sp³-hybridized carbons (Fsp3) is 0.714. The number of fused-ring (bicyclic) bond motifs is 1. The third-order valence-corrected chi connectivity index (χ3v) is 3.68. The predicted octanol–water partition coefficient (Wildman–Crippen LogP) is 3.44. The van der Waals surface area contributed by atoms with Gasteiger partial charge < -0.3 is 9.47 Å². The van der Waals surface area contributed by atoms with E-state index in [2.05, 4.69) is 33.4 Å². The van der Waals surface area contributed by atoms with Gasteiger partial charge in [0.2, 0.25) is 0 Å². The standard InChI is InChI=1S/C14H22O2/c1-9(2)11-6-7-14(5)12(8-11)15-13(16-14)10(3)4/h6,9,12-13H,3,7-8H2,1-2,4-5H3/t12-,13?,14+/m0/s1. The van der Waals surface area contributed by atoms with Crippen molar-refractivity contribution in [2.24, 2.45) is 5.92 Å². The lowest BCUT2D eigenvalue weighted by molar-refractivity contribution is -0.0575. The van der Waals surface area contributed by atoms with Gasteiger partial charge in [-0.1, -0.05) is 32.1 Å². The smallest absolute Gasteiger partial charge is 0.180 e. The van der Waals surface area contributed by atoms with E-state index < -0.39 is 0 Å². The van der Waals surface area contributed by atoms with Gasteiger partial charge in [0.05, 0.1) is 11.7 Å². The van der Waals surface area contributed by atoms with Gasteiger partial charge in [-0.05, 0) is 38.2 Å². The largest absolute Gasteiger partial charge is 0.342 e. The summed E-state index contributed by atoms with van der Waals surface area (Å²) in [5.41, 5.74) is 2.30. The maximum absolute atomic E-state index is 5.98. The molecule has 0 amide bonds. The summed E-state index contributed by atoms with van der Waals surface area (Å²) in [6.07, 6.45) is 4.25. The van der Waals surface area contributed by atoms with E-state index in [0.29, 0.717) is 5.92 Å². The fourth-order valence-electron chi connectivity index (χ4n) is 2.40. The van der Waals surface area contributed by atoms with Crippen LogP contribution in [0.25, 0.3) is 0 Å². The van der Waals surface area contributed by atoms with Crippen molar-refractivity contribution in [2.75, 3.05) is 0 Å². The quantitative estimate of drug-likeness (QED) is 0.666. The fourth-order valence-corrected chi connectivity index (χ4v) is 2.40. The average molecular weight is 222 g/mol. The summed E-state index contributed by atoms with van der Waals surface area (Å²) >= 11 is 0. The molecule has 0 bridgehead atoms. The molecule has 1 aliphatic carbocycles. The van der Waals surface area contributed by atoms with Crippen LogP contribution in [0.4, 0.5) is 0 Å². The minimum Gasteiger partial charge on any atom is -0.342 e. The lowest BCUT2D eigenvalue weighted by atomic mass is 9.81. The Labute approximate surface area is 98.3 Å². The Hall–Kier alpha value is -0.600. The van der Waals surface area contributed by atoms with Crippen molar-refractivity contribution in [2.45, 2.75) is 58.5 Å². The summed E-state index contributed by atoms with van der Waals surface area (Å²) in [7, 11) is 0. The zero-order valence-corrected chi connectivity index (χ0v) is 10.7. The highest BCUT2D eigenvalue weighted by atomic mass is 16.7. The Morgan fingerprint density at radius 3 is 2.81 bits per heavy atom. The van der Waals surface area contributed by atoms with Gasteiger partial charge in [-0.3, -0.25) is 0 Å². The molecule has 1 unspecified atom stereocenters. The lowest BCUT2D eigenvalue weighted by Crippen LogP contribution is -2.39. The maximum Gasteiger partial charge on any atom is 0.180 e. The second-order valence-corrected chi connectivity index (χ2v) is 5.58. The number of hydrogen-bond acceptors (Lipinski definition) is 2. The van der Waals surface area contributed by atoms with E-state index in [9.17, 15) is 0 Å². The molecule has 1 aliphatic heterocycles. The second-order valence-electron chi connectivity index (χ2n) is 5.58. The van der Waals surface area contributed by atoms with Crippen LogP contribution in [0.15, 0.2) is 23.8 Å². The Balaban J connectivity index is 2.13. The highest BCUT2D eigenvalue weighted by Gasteiger charge is 2.47. The van der Waals surface area contributed by atoms with E-state index in [0.717, 1.165) is 18.4 Å². The first kappa shape index (κ1) is 11.9. The molecular formula is C14H22O2. The van der Waals surface area contributed by atoms with Gasteiger partial charge >= 0.3 is 0 Å². The van der Waals surface area contributed by atoms with E-state index in [1.165, 1.54) is 5.57 Å². The second kappa shape index (κ2) is 4.01. The molecule has 0 aromatic rings. The number of rotatable bonds is 2. The topological polar surface area (TPSA) is 18.5 Å². The van der Waals surface area contributed by atoms with Gasteiger partial charge in [-0.15, -0.1) is 0 Å². The van der Waals surface area contributed by atoms with E-state index >= 15 is 0 Å². The molecule has 0 aromatic heterocycles. The molecule has 1 saturated heterocycles. The summed E-state index contributed by atoms with van der Waals surface area (Å²) in [4.78, 5) is 0. The molecule has 2 rings (SSSR count). The Morgan fingerprint density at radius 1 is 1.56 bits per heavy atom. The van der Waals surface area contributed by atoms with Crippen LogP contribution in [0, 0.1) is 5.92 Å². The molecule has 0 aromatic carbocycles. The zero-order valence-electron chi connectivity index (χ0n) is 10.7. The van der Waals surface area contributed by atoms with Crippen molar-refractivity contribution >= 4 is 0 Å². The molecular weight excluding hydrogens is 200 g/mol. The molecule has 0 N–H and O–H groups in total. The molecule has 0 spiro atoms. The van der Waals surface area contributed by atoms with Crippen molar-refractivity contribution in [3.05, 3.63) is 23.8 Å². The van der Waals surface area contributed by atoms with E-state index in [1.807, 2.05) is 6.92 Å². The minimum absolute atomic E-state index is 0.151. The molecule has 16 heavy (non-hydrogen) atoms. The highest BCUT2D eigenvalue weighted by molar-refractivity contribution is 5.18. The molecule has 0 saturated carbocycles. The van der Waals surface area contributed by atoms with Gasteiger partial charge in [0.15, 0.2) is 6.29 Å². The number of hydrogen-bond donors (Lipinski definition) is 0. The van der Waals surface area contributed by atoms with Gasteiger partial charge in [0, 0.05) is 0 Å². The van der Waals surface area contributed by atoms with Crippen LogP contribution < -0.4 is 0 Å². The van der Waals surface area contributed by atoms with E-state index in [-0.39, 0.29) is 18.0 Å². The summed E-state index contributed by atoms with van der Waals surface area (Å²) < 4.78 is 11.9. The Kier molecular flexibility index (Phi) is 2.97. The lowest BCUT2D eigenvalue weighted by Gasteiger charge is -2.33. The van der Waals surface area contributed by atoms with Crippen LogP contribution in [-0.2, 0) is 9.47 Å². The Morgan fingerprint density at radius 2 is 2.25 bits per heavy atom. The third kappa shape index (κ3) is 1.96. The summed E-state index contributed by atoms with van der Waals surface area (Å²) in [5, 5.41) is 0. The van der Waals surface area contributed by atoms with Crippen molar-refractivity contribution < 1.29 is 9.47 Å². The highest BCUT2D eigenvalue weighted by Crippen LogP contribution is 2.42. The molecule has 0 radical (unpaired) electrons. The third-order valence-electron chi connectivity index (χ3n) is 3.68. The summed E-state index contributed by atoms with van der Waals surface area (Å²) in [6.45, 7) is 12.5. The molecule has 2 nitrogen and oxygen atoms in total. The number of ether oxygens (including phenoxy) is 2. The van der Waals surface area contributed by atoms with E-state index in [4.69, 9.17) is 9.47 Å². The SMILES string of the molecule is C=C(C)C1O[C@H]2CC(C(C)C)=CC[C@@]2(C)O1. The molecule has 2 heteroatoms. The summed E-state index contributed by atoms with van der Waals surface area (Å²) in [5.74, 6) is 0.608. The van der Waals surface area contributed by atoms with Crippen LogP contribution >= 0.6 is 0 Å². The van der Waals surface area contributed by atoms with Gasteiger partial charge in [-0.25, -0.2) is 0 Å². The monoisotopic (exact) mass is 222 g/mol. The van der Waals surface area contributed by atoms with Crippen LogP contribution in [0.1, 0.15) is 40.5 Å². The van der Waals surface area contributed by atoms with Crippen molar-refractivity contribution in [3.8, 4) is 0 Å². The molecule has 1 heterocycles. The first-order chi connectivity index (χ1) is 7.42. The zero-order chi connectivity index (χ0) is 11.9. The first-order valence-electron chi connectivity index (χ1n) is 6.10. The van der Waals surface area contributed by atoms with Crippen molar-refractivity contribution in [1.82, 2.24) is 0 Å². The van der Waals surface area contributed by atoms with Crippen LogP contribution in [-0.4, -0.2) is 18.0 Å². The van der Waals surface area contributed by atoms with Crippen LogP contribution in [0.5, 0.6) is 0 Å². The Bertz CT molecular complexity index is 330. The predicted molar refractivity (Wildman–Crippen MR) is 65.1 cm³/mol. The van der Waals surface area contributed by atoms with Gasteiger partial charge in [-0.2, -0.15) is 0 Å². The molecule has 2 aliphatic rings. The molecule has 1 fully saturated rings. The van der Waals surface area contributed by atoms with Crippen molar-refractivity contribution in [1.29, 1.82) is 0 Å². The van der Waals surface area contributed by atoms with Crippen LogP contribution in [0.3, 0.4) is 0 Å². The molecule has 90 valence electrons. The average Bonchev–Trinajstić information content (AvgIpc) is 2.53. The van der Waals surface area contributed by atoms with Gasteiger partial charge in [0.25, 0.3) is 0 Å². The molecule has 3 atom stereocenters. The normalized spacial score (nSPS) is 38.4. The summed E-state index contributed by atoms with van der Waals surface area (Å²) in [6, 6.07) is 0. The van der Waals surface area contributed by atoms with Gasteiger partial charge in [0.1, 0.15) is 0 Å². The van der Waals surface area contributed by atoms with Crippen LogP contribution in [0.2, 0.25) is 0 Å². The minimum atomic E-state index is -0.213. The first-order valence-corrected chi connectivity index (χ1v) is 6.10. The van der Waals surface area contributed by atoms with E-state index in [1.54, 1.807) is 0 Å².